The number of hydrogen-bond acceptors (Lipinski definition) is 4. The predicted molar refractivity (Wildman–Crippen MR) is 104 cm³/mol. The van der Waals surface area contributed by atoms with E-state index < -0.39 is 0 Å². The number of carbonyl (C=O) groups excluding carboxylic acids is 1. The summed E-state index contributed by atoms with van der Waals surface area (Å²) >= 11 is 0. The molecule has 1 atom stereocenters. The normalized spacial score (nSPS) is 27.6. The summed E-state index contributed by atoms with van der Waals surface area (Å²) in [5.74, 6) is 1.44. The Morgan fingerprint density at radius 1 is 1.15 bits per heavy atom. The molecule has 1 saturated carbocycles. The molecule has 1 aromatic rings. The summed E-state index contributed by atoms with van der Waals surface area (Å²) in [6, 6.07) is 4.77. The lowest BCUT2D eigenvalue weighted by Crippen LogP contribution is -2.53. The van der Waals surface area contributed by atoms with Gasteiger partial charge in [0.1, 0.15) is 5.82 Å². The average molecular weight is 357 g/mol. The summed E-state index contributed by atoms with van der Waals surface area (Å²) in [5.41, 5.74) is 1.13. The van der Waals surface area contributed by atoms with Crippen molar-refractivity contribution in [2.24, 2.45) is 5.41 Å². The summed E-state index contributed by atoms with van der Waals surface area (Å²) in [4.78, 5) is 24.6. The average Bonchev–Trinajstić information content (AvgIpc) is 3.29. The van der Waals surface area contributed by atoms with Crippen LogP contribution in [-0.2, 0) is 11.3 Å². The Kier molecular flexibility index (Phi) is 4.91. The van der Waals surface area contributed by atoms with Crippen LogP contribution in [0, 0.1) is 5.41 Å². The van der Waals surface area contributed by atoms with Crippen molar-refractivity contribution in [3.63, 3.8) is 0 Å². The van der Waals surface area contributed by atoms with Crippen LogP contribution in [-0.4, -0.2) is 60.5 Å². The van der Waals surface area contributed by atoms with Gasteiger partial charge in [0.05, 0.1) is 5.41 Å². The van der Waals surface area contributed by atoms with E-state index in [0.717, 1.165) is 44.8 Å². The number of likely N-dealkylation sites (tertiary alicyclic amines) is 2. The molecule has 0 radical (unpaired) electrons. The second-order valence-corrected chi connectivity index (χ2v) is 8.70. The van der Waals surface area contributed by atoms with Crippen molar-refractivity contribution >= 4 is 11.7 Å². The lowest BCUT2D eigenvalue weighted by atomic mass is 9.77. The van der Waals surface area contributed by atoms with Crippen molar-refractivity contribution in [1.29, 1.82) is 0 Å². The van der Waals surface area contributed by atoms with Crippen molar-refractivity contribution in [3.05, 3.63) is 23.9 Å². The zero-order chi connectivity index (χ0) is 18.1. The van der Waals surface area contributed by atoms with E-state index in [1.165, 1.54) is 37.7 Å². The fourth-order valence-electron chi connectivity index (χ4n) is 5.17. The van der Waals surface area contributed by atoms with Crippen LogP contribution < -0.4 is 4.90 Å². The Hall–Kier alpha value is -1.62. The van der Waals surface area contributed by atoms with E-state index in [9.17, 15) is 4.79 Å². The number of hydrogen-bond donors (Lipinski definition) is 0. The minimum absolute atomic E-state index is 0.113. The molecule has 5 heteroatoms. The highest BCUT2D eigenvalue weighted by Gasteiger charge is 2.49. The highest BCUT2D eigenvalue weighted by Crippen LogP contribution is 2.42. The van der Waals surface area contributed by atoms with E-state index in [2.05, 4.69) is 26.9 Å². The minimum Gasteiger partial charge on any atom is -0.363 e. The van der Waals surface area contributed by atoms with Crippen LogP contribution in [0.4, 0.5) is 5.82 Å². The quantitative estimate of drug-likeness (QED) is 0.832. The zero-order valence-electron chi connectivity index (χ0n) is 16.3. The summed E-state index contributed by atoms with van der Waals surface area (Å²) in [5, 5.41) is 0. The number of pyridine rings is 1. The van der Waals surface area contributed by atoms with Gasteiger partial charge in [-0.25, -0.2) is 4.98 Å². The maximum Gasteiger partial charge on any atom is 0.230 e. The molecule has 1 unspecified atom stereocenters. The molecular formula is C21H32N4O. The Bertz CT molecular complexity index is 638. The van der Waals surface area contributed by atoms with Gasteiger partial charge in [-0.3, -0.25) is 9.69 Å². The smallest absolute Gasteiger partial charge is 0.230 e. The van der Waals surface area contributed by atoms with Crippen LogP contribution in [0.25, 0.3) is 0 Å². The van der Waals surface area contributed by atoms with Gasteiger partial charge in [0.15, 0.2) is 0 Å². The predicted octanol–water partition coefficient (Wildman–Crippen LogP) is 2.90. The number of piperidine rings is 1. The first-order chi connectivity index (χ1) is 12.6. The molecule has 3 heterocycles. The van der Waals surface area contributed by atoms with Gasteiger partial charge in [0.2, 0.25) is 5.91 Å². The molecule has 2 aliphatic heterocycles. The number of aromatic nitrogens is 1. The Labute approximate surface area is 157 Å². The largest absolute Gasteiger partial charge is 0.363 e. The first-order valence-corrected chi connectivity index (χ1v) is 10.2. The molecule has 0 aromatic carbocycles. The second kappa shape index (κ2) is 7.18. The maximum absolute atomic E-state index is 13.3. The van der Waals surface area contributed by atoms with Crippen molar-refractivity contribution in [3.8, 4) is 0 Å². The molecule has 1 amide bonds. The SMILES string of the molecule is CN(C)c1ccc(CN2CCC3(CCCN(C4CCCC4)C3=O)C2)cn1. The Morgan fingerprint density at radius 2 is 1.96 bits per heavy atom. The Balaban J connectivity index is 1.41. The van der Waals surface area contributed by atoms with Gasteiger partial charge in [0.25, 0.3) is 0 Å². The fourth-order valence-corrected chi connectivity index (χ4v) is 5.17. The van der Waals surface area contributed by atoms with Crippen LogP contribution in [0.1, 0.15) is 50.5 Å². The maximum atomic E-state index is 13.3. The molecule has 1 spiro atoms. The molecular weight excluding hydrogens is 324 g/mol. The molecule has 4 rings (SSSR count). The first-order valence-electron chi connectivity index (χ1n) is 10.2. The van der Waals surface area contributed by atoms with Crippen molar-refractivity contribution in [2.45, 2.75) is 57.5 Å². The van der Waals surface area contributed by atoms with Crippen molar-refractivity contribution < 1.29 is 4.79 Å². The second-order valence-electron chi connectivity index (χ2n) is 8.70. The third kappa shape index (κ3) is 3.34. The van der Waals surface area contributed by atoms with Gasteiger partial charge in [-0.05, 0) is 50.3 Å². The van der Waals surface area contributed by atoms with Gasteiger partial charge >= 0.3 is 0 Å². The van der Waals surface area contributed by atoms with Crippen LogP contribution >= 0.6 is 0 Å². The van der Waals surface area contributed by atoms with E-state index >= 15 is 0 Å². The molecule has 1 aromatic heterocycles. The molecule has 1 aliphatic carbocycles. The Morgan fingerprint density at radius 3 is 2.65 bits per heavy atom. The molecule has 142 valence electrons. The summed E-state index contributed by atoms with van der Waals surface area (Å²) in [6.07, 6.45) is 10.3. The number of anilines is 1. The monoisotopic (exact) mass is 356 g/mol. The van der Waals surface area contributed by atoms with Crippen LogP contribution in [0.15, 0.2) is 18.3 Å². The van der Waals surface area contributed by atoms with E-state index in [-0.39, 0.29) is 5.41 Å². The first kappa shape index (κ1) is 17.8. The number of nitrogens with zero attached hydrogens (tertiary/aromatic N) is 4. The van der Waals surface area contributed by atoms with Gasteiger partial charge in [-0.2, -0.15) is 0 Å². The lowest BCUT2D eigenvalue weighted by molar-refractivity contribution is -0.148. The van der Waals surface area contributed by atoms with Gasteiger partial charge < -0.3 is 9.80 Å². The number of amides is 1. The summed E-state index contributed by atoms with van der Waals surface area (Å²) in [6.45, 7) is 3.84. The molecule has 3 aliphatic rings. The topological polar surface area (TPSA) is 39.7 Å². The molecule has 0 bridgehead atoms. The van der Waals surface area contributed by atoms with E-state index in [1.807, 2.05) is 25.2 Å². The van der Waals surface area contributed by atoms with Gasteiger partial charge in [0, 0.05) is 46.0 Å². The highest BCUT2D eigenvalue weighted by molar-refractivity contribution is 5.84. The van der Waals surface area contributed by atoms with E-state index in [1.54, 1.807) is 0 Å². The number of carbonyl (C=O) groups is 1. The standard InChI is InChI=1S/C21H32N4O/c1-23(2)19-9-8-17(14-22-19)15-24-13-11-21(16-24)10-5-12-25(20(21)26)18-6-3-4-7-18/h8-9,14,18H,3-7,10-13,15-16H2,1-2H3. The van der Waals surface area contributed by atoms with Crippen molar-refractivity contribution in [1.82, 2.24) is 14.8 Å². The summed E-state index contributed by atoms with van der Waals surface area (Å²) in [7, 11) is 4.02. The minimum atomic E-state index is -0.113. The van der Waals surface area contributed by atoms with E-state index in [0.29, 0.717) is 11.9 Å². The molecule has 26 heavy (non-hydrogen) atoms. The lowest BCUT2D eigenvalue weighted by Gasteiger charge is -2.42. The molecule has 3 fully saturated rings. The molecule has 0 N–H and O–H groups in total. The van der Waals surface area contributed by atoms with E-state index in [4.69, 9.17) is 0 Å². The number of rotatable bonds is 4. The van der Waals surface area contributed by atoms with Gasteiger partial charge in [-0.1, -0.05) is 18.9 Å². The molecule has 2 saturated heterocycles. The summed E-state index contributed by atoms with van der Waals surface area (Å²) < 4.78 is 0. The van der Waals surface area contributed by atoms with Crippen LogP contribution in [0.5, 0.6) is 0 Å². The zero-order valence-corrected chi connectivity index (χ0v) is 16.3. The van der Waals surface area contributed by atoms with Gasteiger partial charge in [-0.15, -0.1) is 0 Å². The third-order valence-corrected chi connectivity index (χ3v) is 6.64. The molecule has 5 nitrogen and oxygen atoms in total. The highest BCUT2D eigenvalue weighted by atomic mass is 16.2. The van der Waals surface area contributed by atoms with Crippen LogP contribution in [0.2, 0.25) is 0 Å². The van der Waals surface area contributed by atoms with Crippen molar-refractivity contribution in [2.75, 3.05) is 38.6 Å². The van der Waals surface area contributed by atoms with Crippen LogP contribution in [0.3, 0.4) is 0 Å². The third-order valence-electron chi connectivity index (χ3n) is 6.64. The fraction of sp³-hybridized carbons (Fsp3) is 0.714.